The van der Waals surface area contributed by atoms with Crippen molar-refractivity contribution in [1.29, 1.82) is 5.26 Å². The van der Waals surface area contributed by atoms with Gasteiger partial charge >= 0.3 is 0 Å². The number of anilines is 1. The summed E-state index contributed by atoms with van der Waals surface area (Å²) in [7, 11) is 1.54. The van der Waals surface area contributed by atoms with Crippen LogP contribution in [0.4, 0.5) is 5.69 Å². The van der Waals surface area contributed by atoms with Crippen molar-refractivity contribution in [3.8, 4) is 6.07 Å². The highest BCUT2D eigenvalue weighted by Gasteiger charge is 2.24. The van der Waals surface area contributed by atoms with Crippen molar-refractivity contribution in [1.82, 2.24) is 15.3 Å². The Balaban J connectivity index is 1.84. The largest absolute Gasteiger partial charge is 0.372 e. The van der Waals surface area contributed by atoms with Gasteiger partial charge in [0, 0.05) is 38.6 Å². The van der Waals surface area contributed by atoms with Gasteiger partial charge in [0.05, 0.1) is 11.3 Å². The van der Waals surface area contributed by atoms with E-state index in [4.69, 9.17) is 4.74 Å². The van der Waals surface area contributed by atoms with Crippen molar-refractivity contribution >= 4 is 22.6 Å². The standard InChI is InChI=1S/C21H27N5O2/c1-14-4-6-17(25-21(27)15(2)28-3)8-11-26(13-14)18-7-5-16(12-22)19-20(18)24-10-9-23-19/h5,7,9-10,14-15,17H,4,6,8,11,13H2,1-3H3,(H,25,27)/t14-,15?,17?/m0/s1. The summed E-state index contributed by atoms with van der Waals surface area (Å²) in [6, 6.07) is 6.09. The van der Waals surface area contributed by atoms with E-state index in [1.807, 2.05) is 12.1 Å². The molecule has 0 aliphatic carbocycles. The van der Waals surface area contributed by atoms with Gasteiger partial charge in [-0.3, -0.25) is 14.8 Å². The summed E-state index contributed by atoms with van der Waals surface area (Å²) in [5.41, 5.74) is 2.91. The minimum Gasteiger partial charge on any atom is -0.372 e. The van der Waals surface area contributed by atoms with Crippen LogP contribution in [0.25, 0.3) is 11.0 Å². The third-order valence-electron chi connectivity index (χ3n) is 5.42. The van der Waals surface area contributed by atoms with Crippen LogP contribution in [0.1, 0.15) is 38.7 Å². The molecule has 1 aliphatic rings. The molecule has 3 rings (SSSR count). The highest BCUT2D eigenvalue weighted by Crippen LogP contribution is 2.29. The second kappa shape index (κ2) is 8.98. The van der Waals surface area contributed by atoms with Gasteiger partial charge in [0.2, 0.25) is 5.91 Å². The van der Waals surface area contributed by atoms with Crippen LogP contribution in [0.3, 0.4) is 0 Å². The van der Waals surface area contributed by atoms with Crippen LogP contribution in [-0.2, 0) is 9.53 Å². The summed E-state index contributed by atoms with van der Waals surface area (Å²) >= 11 is 0. The predicted molar refractivity (Wildman–Crippen MR) is 108 cm³/mol. The van der Waals surface area contributed by atoms with Crippen LogP contribution in [0, 0.1) is 17.2 Å². The van der Waals surface area contributed by atoms with Gasteiger partial charge in [0.1, 0.15) is 23.2 Å². The fourth-order valence-corrected chi connectivity index (χ4v) is 3.68. The van der Waals surface area contributed by atoms with Crippen LogP contribution < -0.4 is 10.2 Å². The van der Waals surface area contributed by atoms with E-state index >= 15 is 0 Å². The van der Waals surface area contributed by atoms with Crippen molar-refractivity contribution in [2.24, 2.45) is 5.92 Å². The second-order valence-corrected chi connectivity index (χ2v) is 7.50. The Hall–Kier alpha value is -2.72. The van der Waals surface area contributed by atoms with Crippen LogP contribution in [0.5, 0.6) is 0 Å². The number of carbonyl (C=O) groups is 1. The van der Waals surface area contributed by atoms with E-state index in [0.29, 0.717) is 17.0 Å². The monoisotopic (exact) mass is 381 g/mol. The number of carbonyl (C=O) groups excluding carboxylic acids is 1. The molecule has 0 spiro atoms. The van der Waals surface area contributed by atoms with Crippen molar-refractivity contribution < 1.29 is 9.53 Å². The molecule has 0 radical (unpaired) electrons. The quantitative estimate of drug-likeness (QED) is 0.875. The molecule has 3 atom stereocenters. The summed E-state index contributed by atoms with van der Waals surface area (Å²) < 4.78 is 5.13. The topological polar surface area (TPSA) is 91.1 Å². The number of hydrogen-bond acceptors (Lipinski definition) is 6. The first kappa shape index (κ1) is 20.0. The molecule has 148 valence electrons. The molecule has 28 heavy (non-hydrogen) atoms. The van der Waals surface area contributed by atoms with Gasteiger partial charge in [-0.2, -0.15) is 5.26 Å². The van der Waals surface area contributed by atoms with Gasteiger partial charge in [0.25, 0.3) is 0 Å². The fourth-order valence-electron chi connectivity index (χ4n) is 3.68. The molecule has 1 aliphatic heterocycles. The van der Waals surface area contributed by atoms with E-state index in [-0.39, 0.29) is 11.9 Å². The molecule has 1 aromatic heterocycles. The summed E-state index contributed by atoms with van der Waals surface area (Å²) in [5, 5.41) is 12.5. The molecular formula is C21H27N5O2. The van der Waals surface area contributed by atoms with E-state index in [1.165, 1.54) is 0 Å². The Morgan fingerprint density at radius 3 is 2.75 bits per heavy atom. The molecule has 0 saturated carbocycles. The van der Waals surface area contributed by atoms with Crippen LogP contribution in [-0.4, -0.2) is 48.2 Å². The number of benzene rings is 1. The van der Waals surface area contributed by atoms with Crippen LogP contribution in [0.2, 0.25) is 0 Å². The Morgan fingerprint density at radius 2 is 2.04 bits per heavy atom. The number of fused-ring (bicyclic) bond motifs is 1. The van der Waals surface area contributed by atoms with Gasteiger partial charge in [-0.05, 0) is 44.2 Å². The molecule has 1 aromatic carbocycles. The maximum atomic E-state index is 12.2. The Kier molecular flexibility index (Phi) is 6.42. The van der Waals surface area contributed by atoms with Crippen molar-refractivity contribution in [3.63, 3.8) is 0 Å². The van der Waals surface area contributed by atoms with E-state index in [9.17, 15) is 10.1 Å². The maximum Gasteiger partial charge on any atom is 0.249 e. The molecule has 2 unspecified atom stereocenters. The number of aromatic nitrogens is 2. The molecule has 2 heterocycles. The van der Waals surface area contributed by atoms with Crippen molar-refractivity contribution in [2.75, 3.05) is 25.1 Å². The summed E-state index contributed by atoms with van der Waals surface area (Å²) in [4.78, 5) is 23.4. The van der Waals surface area contributed by atoms with Gasteiger partial charge in [-0.15, -0.1) is 0 Å². The lowest BCUT2D eigenvalue weighted by atomic mass is 9.95. The fraction of sp³-hybridized carbons (Fsp3) is 0.524. The zero-order chi connectivity index (χ0) is 20.1. The molecule has 2 aromatic rings. The third kappa shape index (κ3) is 4.39. The zero-order valence-electron chi connectivity index (χ0n) is 16.7. The molecule has 1 fully saturated rings. The molecule has 7 nitrogen and oxygen atoms in total. The van der Waals surface area contributed by atoms with E-state index in [2.05, 4.69) is 33.2 Å². The number of ether oxygens (including phenoxy) is 1. The first-order valence-corrected chi connectivity index (χ1v) is 9.75. The van der Waals surface area contributed by atoms with E-state index in [1.54, 1.807) is 26.4 Å². The SMILES string of the molecule is COC(C)C(=O)NC1CC[C@H](C)CN(c2ccc(C#N)c3nccnc23)CC1. The number of nitrogens with zero attached hydrogens (tertiary/aromatic N) is 4. The number of methoxy groups -OCH3 is 1. The summed E-state index contributed by atoms with van der Waals surface area (Å²) in [5.74, 6) is 0.406. The molecule has 1 N–H and O–H groups in total. The molecule has 1 saturated heterocycles. The Morgan fingerprint density at radius 1 is 1.29 bits per heavy atom. The van der Waals surface area contributed by atoms with Crippen LogP contribution in [0.15, 0.2) is 24.5 Å². The molecule has 0 bridgehead atoms. The Bertz CT molecular complexity index is 879. The first-order valence-electron chi connectivity index (χ1n) is 9.75. The average molecular weight is 381 g/mol. The van der Waals surface area contributed by atoms with Gasteiger partial charge < -0.3 is 15.0 Å². The van der Waals surface area contributed by atoms with Crippen molar-refractivity contribution in [2.45, 2.75) is 45.3 Å². The smallest absolute Gasteiger partial charge is 0.249 e. The summed E-state index contributed by atoms with van der Waals surface area (Å²) in [6.45, 7) is 5.70. The van der Waals surface area contributed by atoms with Crippen LogP contribution >= 0.6 is 0 Å². The number of rotatable bonds is 4. The number of nitriles is 1. The lowest BCUT2D eigenvalue weighted by Gasteiger charge is -2.34. The minimum absolute atomic E-state index is 0.0676. The van der Waals surface area contributed by atoms with Crippen molar-refractivity contribution in [3.05, 3.63) is 30.1 Å². The molecule has 1 amide bonds. The zero-order valence-corrected chi connectivity index (χ0v) is 16.7. The Labute approximate surface area is 165 Å². The van der Waals surface area contributed by atoms with Gasteiger partial charge in [-0.25, -0.2) is 0 Å². The third-order valence-corrected chi connectivity index (χ3v) is 5.42. The highest BCUT2D eigenvalue weighted by atomic mass is 16.5. The van der Waals surface area contributed by atoms with E-state index < -0.39 is 6.10 Å². The number of amides is 1. The number of nitrogens with one attached hydrogen (secondary N) is 1. The predicted octanol–water partition coefficient (Wildman–Crippen LogP) is 2.65. The minimum atomic E-state index is -0.447. The lowest BCUT2D eigenvalue weighted by molar-refractivity contribution is -0.130. The lowest BCUT2D eigenvalue weighted by Crippen LogP contribution is -2.44. The van der Waals surface area contributed by atoms with Gasteiger partial charge in [-0.1, -0.05) is 6.92 Å². The maximum absolute atomic E-state index is 12.2. The molecule has 7 heteroatoms. The molecular weight excluding hydrogens is 354 g/mol. The van der Waals surface area contributed by atoms with Gasteiger partial charge in [0.15, 0.2) is 0 Å². The number of hydrogen-bond donors (Lipinski definition) is 1. The highest BCUT2D eigenvalue weighted by molar-refractivity contribution is 5.92. The van der Waals surface area contributed by atoms with E-state index in [0.717, 1.165) is 43.6 Å². The normalized spacial score (nSPS) is 21.4. The summed E-state index contributed by atoms with van der Waals surface area (Å²) in [6.07, 6.45) is 5.67. The second-order valence-electron chi connectivity index (χ2n) is 7.50. The first-order chi connectivity index (χ1) is 13.5. The average Bonchev–Trinajstić information content (AvgIpc) is 2.71.